The van der Waals surface area contributed by atoms with E-state index in [0.29, 0.717) is 10.9 Å². The third kappa shape index (κ3) is 2.79. The molecule has 4 aromatic rings. The largest absolute Gasteiger partial charge is 0.252 e. The van der Waals surface area contributed by atoms with Crippen LogP contribution in [0.25, 0.3) is 32.9 Å². The first-order valence-electron chi connectivity index (χ1n) is 6.91. The highest BCUT2D eigenvalue weighted by molar-refractivity contribution is 6.35. The molecule has 0 aliphatic heterocycles. The second-order valence-corrected chi connectivity index (χ2v) is 5.81. The molecule has 0 atom stereocenters. The summed E-state index contributed by atoms with van der Waals surface area (Å²) >= 11 is 11.7. The van der Waals surface area contributed by atoms with Crippen molar-refractivity contribution < 1.29 is 8.78 Å². The Morgan fingerprint density at radius 3 is 2.40 bits per heavy atom. The van der Waals surface area contributed by atoms with Crippen molar-refractivity contribution in [1.29, 1.82) is 0 Å². The molecule has 0 fully saturated rings. The molecule has 0 saturated heterocycles. The fraction of sp³-hybridized carbons (Fsp3) is 0.0556. The zero-order valence-corrected chi connectivity index (χ0v) is 13.4. The molecule has 3 nitrogen and oxygen atoms in total. The number of hydrogen-bond acceptors (Lipinski definition) is 3. The van der Waals surface area contributed by atoms with Gasteiger partial charge in [-0.2, -0.15) is 0 Å². The predicted octanol–water partition coefficient (Wildman–Crippen LogP) is 6.07. The van der Waals surface area contributed by atoms with E-state index in [0.717, 1.165) is 0 Å². The van der Waals surface area contributed by atoms with E-state index < -0.39 is 11.6 Å². The van der Waals surface area contributed by atoms with Crippen LogP contribution in [0.3, 0.4) is 0 Å². The van der Waals surface area contributed by atoms with Crippen molar-refractivity contribution in [3.63, 3.8) is 0 Å². The molecule has 2 heterocycles. The number of aromatic nitrogens is 3. The van der Waals surface area contributed by atoms with Gasteiger partial charge in [0.15, 0.2) is 5.82 Å². The molecule has 25 heavy (non-hydrogen) atoms. The average Bonchev–Trinajstić information content (AvgIpc) is 2.56. The molecule has 0 amide bonds. The Hall–Kier alpha value is -2.37. The van der Waals surface area contributed by atoms with Crippen LogP contribution in [-0.4, -0.2) is 15.0 Å². The Kier molecular flexibility index (Phi) is 4.54. The molecule has 126 valence electrons. The summed E-state index contributed by atoms with van der Waals surface area (Å²) in [5.41, 5.74) is 0.248. The molecule has 0 N–H and O–H groups in total. The Balaban J connectivity index is 0.00000182. The number of rotatable bonds is 1. The summed E-state index contributed by atoms with van der Waals surface area (Å²) in [6, 6.07) is 9.72. The van der Waals surface area contributed by atoms with Crippen molar-refractivity contribution in [2.75, 3.05) is 0 Å². The van der Waals surface area contributed by atoms with E-state index in [-0.39, 0.29) is 39.8 Å². The van der Waals surface area contributed by atoms with E-state index in [4.69, 9.17) is 23.2 Å². The molecular weight excluding hydrogens is 367 g/mol. The fourth-order valence-corrected chi connectivity index (χ4v) is 3.11. The van der Waals surface area contributed by atoms with Gasteiger partial charge in [-0.25, -0.2) is 18.7 Å². The van der Waals surface area contributed by atoms with Crippen molar-refractivity contribution in [3.8, 4) is 11.3 Å². The molecule has 0 radical (unpaired) electrons. The topological polar surface area (TPSA) is 38.7 Å². The number of benzene rings is 2. The van der Waals surface area contributed by atoms with Crippen molar-refractivity contribution in [2.45, 2.75) is 7.43 Å². The first kappa shape index (κ1) is 17.5. The van der Waals surface area contributed by atoms with Gasteiger partial charge in [-0.1, -0.05) is 49.4 Å². The van der Waals surface area contributed by atoms with Crippen molar-refractivity contribution in [1.82, 2.24) is 15.0 Å². The van der Waals surface area contributed by atoms with E-state index in [1.165, 1.54) is 12.3 Å². The normalized spacial score (nSPS) is 10.9. The fourth-order valence-electron chi connectivity index (χ4n) is 2.68. The summed E-state index contributed by atoms with van der Waals surface area (Å²) in [5.74, 6) is -1.18. The van der Waals surface area contributed by atoms with Gasteiger partial charge in [0, 0.05) is 17.1 Å². The molecule has 7 heteroatoms. The zero-order chi connectivity index (χ0) is 16.8. The van der Waals surface area contributed by atoms with Crippen LogP contribution in [0.1, 0.15) is 7.43 Å². The van der Waals surface area contributed by atoms with Crippen LogP contribution in [0.5, 0.6) is 0 Å². The van der Waals surface area contributed by atoms with E-state index in [1.807, 2.05) is 0 Å². The van der Waals surface area contributed by atoms with E-state index >= 15 is 0 Å². The van der Waals surface area contributed by atoms with Gasteiger partial charge in [0.25, 0.3) is 0 Å². The van der Waals surface area contributed by atoms with Gasteiger partial charge in [-0.3, -0.25) is 4.98 Å². The minimum absolute atomic E-state index is 0. The van der Waals surface area contributed by atoms with Crippen LogP contribution in [0.15, 0.2) is 42.6 Å². The van der Waals surface area contributed by atoms with Crippen LogP contribution in [0, 0.1) is 11.6 Å². The van der Waals surface area contributed by atoms with Gasteiger partial charge in [0.1, 0.15) is 22.2 Å². The second-order valence-electron chi connectivity index (χ2n) is 5.11. The number of fused-ring (bicyclic) bond motifs is 2. The minimum Gasteiger partial charge on any atom is -0.252 e. The second kappa shape index (κ2) is 6.50. The monoisotopic (exact) mass is 377 g/mol. The molecule has 0 bridgehead atoms. The average molecular weight is 378 g/mol. The minimum atomic E-state index is -0.727. The summed E-state index contributed by atoms with van der Waals surface area (Å²) in [5, 5.41) is 1.01. The Morgan fingerprint density at radius 2 is 1.64 bits per heavy atom. The lowest BCUT2D eigenvalue weighted by Crippen LogP contribution is -1.97. The highest BCUT2D eigenvalue weighted by atomic mass is 35.5. The Labute approximate surface area is 152 Å². The summed E-state index contributed by atoms with van der Waals surface area (Å²) in [6.45, 7) is 0. The SMILES string of the molecule is C.Fc1c(-c2cccc3cccc(F)c23)ncc2c(Cl)nc(Cl)nc12. The van der Waals surface area contributed by atoms with Crippen LogP contribution in [0.4, 0.5) is 8.78 Å². The first-order valence-corrected chi connectivity index (χ1v) is 7.66. The van der Waals surface area contributed by atoms with Crippen LogP contribution >= 0.6 is 23.2 Å². The molecule has 0 saturated carbocycles. The van der Waals surface area contributed by atoms with Crippen molar-refractivity contribution >= 4 is 44.9 Å². The van der Waals surface area contributed by atoms with Gasteiger partial charge in [-0.15, -0.1) is 0 Å². The Bertz CT molecular complexity index is 1110. The number of hydrogen-bond donors (Lipinski definition) is 0. The lowest BCUT2D eigenvalue weighted by molar-refractivity contribution is 0.633. The van der Waals surface area contributed by atoms with Gasteiger partial charge in [0.2, 0.25) is 5.28 Å². The predicted molar refractivity (Wildman–Crippen MR) is 96.9 cm³/mol. The molecule has 2 aromatic carbocycles. The number of halogens is 4. The van der Waals surface area contributed by atoms with E-state index in [1.54, 1.807) is 30.3 Å². The maximum Gasteiger partial charge on any atom is 0.224 e. The van der Waals surface area contributed by atoms with E-state index in [9.17, 15) is 8.78 Å². The molecule has 2 aromatic heterocycles. The lowest BCUT2D eigenvalue weighted by atomic mass is 10.0. The molecular formula is C18H11Cl2F2N3. The van der Waals surface area contributed by atoms with E-state index in [2.05, 4.69) is 15.0 Å². The molecule has 0 aliphatic rings. The summed E-state index contributed by atoms with van der Waals surface area (Å²) in [6.07, 6.45) is 1.35. The quantitative estimate of drug-likeness (QED) is 0.298. The molecule has 0 spiro atoms. The first-order chi connectivity index (χ1) is 11.6. The van der Waals surface area contributed by atoms with Crippen molar-refractivity contribution in [3.05, 3.63) is 64.7 Å². The summed E-state index contributed by atoms with van der Waals surface area (Å²) in [4.78, 5) is 11.8. The third-order valence-electron chi connectivity index (χ3n) is 3.72. The highest BCUT2D eigenvalue weighted by Crippen LogP contribution is 2.34. The van der Waals surface area contributed by atoms with Crippen molar-refractivity contribution in [2.24, 2.45) is 0 Å². The smallest absolute Gasteiger partial charge is 0.224 e. The maximum atomic E-state index is 15.0. The Morgan fingerprint density at radius 1 is 0.920 bits per heavy atom. The zero-order valence-electron chi connectivity index (χ0n) is 11.9. The maximum absolute atomic E-state index is 15.0. The number of nitrogens with zero attached hydrogens (tertiary/aromatic N) is 3. The van der Waals surface area contributed by atoms with Gasteiger partial charge in [0.05, 0.1) is 5.39 Å². The lowest BCUT2D eigenvalue weighted by Gasteiger charge is -2.10. The van der Waals surface area contributed by atoms with Crippen LogP contribution in [-0.2, 0) is 0 Å². The highest BCUT2D eigenvalue weighted by Gasteiger charge is 2.18. The van der Waals surface area contributed by atoms with Crippen LogP contribution < -0.4 is 0 Å². The standard InChI is InChI=1S/C17H7Cl2F2N3.CH4/c18-16-10-7-22-14(13(21)15(10)23-17(19)24-16)9-5-1-3-8-4-2-6-11(20)12(8)9;/h1-7H;1H4. The number of pyridine rings is 1. The molecule has 4 rings (SSSR count). The third-order valence-corrected chi connectivity index (χ3v) is 4.18. The summed E-state index contributed by atoms with van der Waals surface area (Å²) in [7, 11) is 0. The van der Waals surface area contributed by atoms with Gasteiger partial charge < -0.3 is 0 Å². The van der Waals surface area contributed by atoms with Gasteiger partial charge >= 0.3 is 0 Å². The van der Waals surface area contributed by atoms with Crippen LogP contribution in [0.2, 0.25) is 10.4 Å². The molecule has 0 aliphatic carbocycles. The summed E-state index contributed by atoms with van der Waals surface area (Å²) < 4.78 is 29.3. The molecule has 0 unspecified atom stereocenters. The van der Waals surface area contributed by atoms with Gasteiger partial charge in [-0.05, 0) is 23.1 Å².